The first kappa shape index (κ1) is 16.9. The highest BCUT2D eigenvalue weighted by atomic mass is 14.9. The molecule has 4 atom stereocenters. The van der Waals surface area contributed by atoms with Gasteiger partial charge in [0.25, 0.3) is 0 Å². The Balaban J connectivity index is 1.72. The van der Waals surface area contributed by atoms with Gasteiger partial charge in [-0.05, 0) is 46.9 Å². The summed E-state index contributed by atoms with van der Waals surface area (Å²) in [6, 6.07) is 33.2. The second-order valence-corrected chi connectivity index (χ2v) is 7.63. The molecule has 1 N–H and O–H groups in total. The average Bonchev–Trinajstić information content (AvgIpc) is 2.95. The number of rotatable bonds is 4. The zero-order valence-corrected chi connectivity index (χ0v) is 15.5. The Morgan fingerprint density at radius 2 is 0.923 bits per heavy atom. The molecule has 0 spiro atoms. The van der Waals surface area contributed by atoms with Gasteiger partial charge in [-0.2, -0.15) is 0 Å². The molecule has 3 aromatic carbocycles. The van der Waals surface area contributed by atoms with E-state index >= 15 is 0 Å². The second-order valence-electron chi connectivity index (χ2n) is 7.63. The maximum atomic E-state index is 3.84. The molecule has 1 nitrogen and oxygen atoms in total. The lowest BCUT2D eigenvalue weighted by atomic mass is 9.78. The summed E-state index contributed by atoms with van der Waals surface area (Å²) in [6.07, 6.45) is 0. The van der Waals surface area contributed by atoms with Crippen molar-refractivity contribution in [3.8, 4) is 0 Å². The van der Waals surface area contributed by atoms with E-state index in [0.717, 1.165) is 0 Å². The molecule has 1 heteroatoms. The van der Waals surface area contributed by atoms with E-state index in [1.54, 1.807) is 0 Å². The van der Waals surface area contributed by atoms with Gasteiger partial charge in [-0.15, -0.1) is 0 Å². The highest BCUT2D eigenvalue weighted by Crippen LogP contribution is 2.53. The Hall–Kier alpha value is -2.54. The van der Waals surface area contributed by atoms with E-state index in [1.165, 1.54) is 16.8 Å². The molecule has 0 radical (unpaired) electrons. The van der Waals surface area contributed by atoms with Crippen LogP contribution in [0.2, 0.25) is 0 Å². The normalized spacial score (nSPS) is 28.0. The van der Waals surface area contributed by atoms with Crippen LogP contribution in [0.15, 0.2) is 91.0 Å². The van der Waals surface area contributed by atoms with Crippen LogP contribution < -0.4 is 5.32 Å². The Morgan fingerprint density at radius 1 is 0.538 bits per heavy atom. The molecule has 3 aromatic rings. The molecule has 0 amide bonds. The van der Waals surface area contributed by atoms with Crippen molar-refractivity contribution in [3.63, 3.8) is 0 Å². The maximum Gasteiger partial charge on any atom is 0.0342 e. The van der Waals surface area contributed by atoms with Gasteiger partial charge in [0.1, 0.15) is 0 Å². The third kappa shape index (κ3) is 3.14. The lowest BCUT2D eigenvalue weighted by Gasteiger charge is -2.25. The van der Waals surface area contributed by atoms with E-state index in [2.05, 4.69) is 110 Å². The molecule has 1 saturated carbocycles. The highest BCUT2D eigenvalue weighted by molar-refractivity contribution is 5.46. The summed E-state index contributed by atoms with van der Waals surface area (Å²) in [5.41, 5.74) is 4.13. The first-order chi connectivity index (χ1) is 12.8. The fourth-order valence-corrected chi connectivity index (χ4v) is 4.94. The van der Waals surface area contributed by atoms with Crippen LogP contribution in [-0.4, -0.2) is 6.04 Å². The molecule has 1 fully saturated rings. The third-order valence-electron chi connectivity index (χ3n) is 6.13. The number of benzene rings is 3. The molecular weight excluding hydrogens is 314 g/mol. The van der Waals surface area contributed by atoms with Crippen molar-refractivity contribution in [2.45, 2.75) is 31.7 Å². The van der Waals surface area contributed by atoms with Crippen LogP contribution in [0.3, 0.4) is 0 Å². The van der Waals surface area contributed by atoms with Gasteiger partial charge in [-0.25, -0.2) is 0 Å². The van der Waals surface area contributed by atoms with E-state index in [0.29, 0.717) is 29.7 Å². The molecule has 0 aromatic heterocycles. The Labute approximate surface area is 157 Å². The topological polar surface area (TPSA) is 12.0 Å². The largest absolute Gasteiger partial charge is 0.382 e. The Morgan fingerprint density at radius 3 is 1.35 bits per heavy atom. The van der Waals surface area contributed by atoms with Gasteiger partial charge in [-0.1, -0.05) is 92.7 Å². The van der Waals surface area contributed by atoms with Crippen molar-refractivity contribution in [3.05, 3.63) is 102 Å². The summed E-state index contributed by atoms with van der Waals surface area (Å²) >= 11 is 0. The van der Waals surface area contributed by atoms with Gasteiger partial charge in [-0.3, -0.25) is 0 Å². The smallest absolute Gasteiger partial charge is 0.0342 e. The Bertz CT molecular complexity index is 761. The fraction of sp³-hybridized carbons (Fsp3) is 0.280. The molecule has 1 aliphatic rings. The summed E-state index contributed by atoms with van der Waals surface area (Å²) in [5.74, 6) is 2.15. The highest BCUT2D eigenvalue weighted by Gasteiger charge is 2.47. The molecule has 132 valence electrons. The number of hydrogen-bond acceptors (Lipinski definition) is 1. The monoisotopic (exact) mass is 341 g/mol. The summed E-state index contributed by atoms with van der Waals surface area (Å²) < 4.78 is 0. The zero-order valence-electron chi connectivity index (χ0n) is 15.5. The van der Waals surface area contributed by atoms with Gasteiger partial charge < -0.3 is 5.32 Å². The summed E-state index contributed by atoms with van der Waals surface area (Å²) in [4.78, 5) is 0. The van der Waals surface area contributed by atoms with Crippen molar-refractivity contribution >= 4 is 5.69 Å². The van der Waals surface area contributed by atoms with Crippen LogP contribution in [0.5, 0.6) is 0 Å². The lowest BCUT2D eigenvalue weighted by molar-refractivity contribution is 0.470. The van der Waals surface area contributed by atoms with E-state index in [4.69, 9.17) is 0 Å². The van der Waals surface area contributed by atoms with E-state index in [1.807, 2.05) is 0 Å². The van der Waals surface area contributed by atoms with Crippen molar-refractivity contribution in [2.75, 3.05) is 5.32 Å². The first-order valence-corrected chi connectivity index (χ1v) is 9.67. The molecule has 0 aliphatic heterocycles. The van der Waals surface area contributed by atoms with Gasteiger partial charge in [0.15, 0.2) is 0 Å². The molecule has 4 unspecified atom stereocenters. The number of anilines is 1. The predicted molar refractivity (Wildman–Crippen MR) is 111 cm³/mol. The number of nitrogens with one attached hydrogen (secondary N) is 1. The molecule has 1 aliphatic carbocycles. The maximum absolute atomic E-state index is 3.84. The van der Waals surface area contributed by atoms with Crippen LogP contribution in [0.25, 0.3) is 0 Å². The number of para-hydroxylation sites is 1. The van der Waals surface area contributed by atoms with Crippen LogP contribution in [0, 0.1) is 11.8 Å². The quantitative estimate of drug-likeness (QED) is 0.585. The van der Waals surface area contributed by atoms with Crippen LogP contribution in [-0.2, 0) is 0 Å². The average molecular weight is 341 g/mol. The van der Waals surface area contributed by atoms with Crippen molar-refractivity contribution < 1.29 is 0 Å². The van der Waals surface area contributed by atoms with Gasteiger partial charge in [0.2, 0.25) is 0 Å². The fourth-order valence-electron chi connectivity index (χ4n) is 4.94. The lowest BCUT2D eigenvalue weighted by Crippen LogP contribution is -2.29. The minimum absolute atomic E-state index is 0.452. The summed E-state index contributed by atoms with van der Waals surface area (Å²) in [5, 5.41) is 3.84. The van der Waals surface area contributed by atoms with Gasteiger partial charge in [0.05, 0.1) is 0 Å². The van der Waals surface area contributed by atoms with Crippen molar-refractivity contribution in [1.82, 2.24) is 0 Å². The van der Waals surface area contributed by atoms with E-state index < -0.39 is 0 Å². The van der Waals surface area contributed by atoms with Gasteiger partial charge in [0, 0.05) is 11.7 Å². The minimum Gasteiger partial charge on any atom is -0.382 e. The summed E-state index contributed by atoms with van der Waals surface area (Å²) in [6.45, 7) is 4.83. The van der Waals surface area contributed by atoms with E-state index in [-0.39, 0.29) is 0 Å². The molecular formula is C25H27N. The van der Waals surface area contributed by atoms with Crippen molar-refractivity contribution in [2.24, 2.45) is 11.8 Å². The van der Waals surface area contributed by atoms with Crippen molar-refractivity contribution in [1.29, 1.82) is 0 Å². The first-order valence-electron chi connectivity index (χ1n) is 9.67. The Kier molecular flexibility index (Phi) is 4.79. The SMILES string of the molecule is CC1C(Nc2ccccc2)C(C)C(c2ccccc2)C1c1ccccc1. The third-order valence-corrected chi connectivity index (χ3v) is 6.13. The van der Waals surface area contributed by atoms with Gasteiger partial charge >= 0.3 is 0 Å². The second kappa shape index (κ2) is 7.37. The van der Waals surface area contributed by atoms with E-state index in [9.17, 15) is 0 Å². The summed E-state index contributed by atoms with van der Waals surface area (Å²) in [7, 11) is 0. The molecule has 0 bridgehead atoms. The minimum atomic E-state index is 0.452. The van der Waals surface area contributed by atoms with Crippen LogP contribution in [0.4, 0.5) is 5.69 Å². The molecule has 0 heterocycles. The molecule has 0 saturated heterocycles. The number of hydrogen-bond donors (Lipinski definition) is 1. The van der Waals surface area contributed by atoms with Crippen LogP contribution >= 0.6 is 0 Å². The van der Waals surface area contributed by atoms with Crippen LogP contribution in [0.1, 0.15) is 36.8 Å². The molecule has 4 rings (SSSR count). The standard InChI is InChI=1S/C25H27N/c1-18-23(20-12-6-3-7-13-20)24(21-14-8-4-9-15-21)19(2)25(18)26-22-16-10-5-11-17-22/h3-19,23-26H,1-2H3. The molecule has 26 heavy (non-hydrogen) atoms. The predicted octanol–water partition coefficient (Wildman–Crippen LogP) is 6.32. The zero-order chi connectivity index (χ0) is 17.9.